The van der Waals surface area contributed by atoms with Crippen molar-refractivity contribution in [3.05, 3.63) is 199 Å². The molecule has 7 aromatic rings. The molecule has 8 rings (SSSR count). The van der Waals surface area contributed by atoms with Crippen molar-refractivity contribution in [2.75, 3.05) is 11.1 Å². The highest BCUT2D eigenvalue weighted by molar-refractivity contribution is 6.18. The van der Waals surface area contributed by atoms with Crippen molar-refractivity contribution in [3.8, 4) is 11.1 Å². The van der Waals surface area contributed by atoms with Crippen LogP contribution < -0.4 is 11.1 Å². The predicted molar refractivity (Wildman–Crippen MR) is 223 cm³/mol. The number of aromatic nitrogens is 1. The number of nitrogen functional groups attached to an aromatic ring is 1. The fourth-order valence-corrected chi connectivity index (χ4v) is 6.69. The van der Waals surface area contributed by atoms with Crippen LogP contribution in [0.1, 0.15) is 36.0 Å². The summed E-state index contributed by atoms with van der Waals surface area (Å²) in [4.78, 5) is 9.11. The Bertz CT molecular complexity index is 2330. The van der Waals surface area contributed by atoms with Gasteiger partial charge in [0.25, 0.3) is 0 Å². The van der Waals surface area contributed by atoms with Crippen molar-refractivity contribution in [2.24, 2.45) is 10.9 Å². The third-order valence-electron chi connectivity index (χ3n) is 9.49. The molecule has 1 heterocycles. The van der Waals surface area contributed by atoms with Crippen molar-refractivity contribution in [2.45, 2.75) is 19.3 Å². The fraction of sp³-hybridized carbons (Fsp3) is 0.0833. The molecule has 1 atom stereocenters. The molecule has 4 heteroatoms. The van der Waals surface area contributed by atoms with Gasteiger partial charge in [-0.25, -0.2) is 0 Å². The van der Waals surface area contributed by atoms with Gasteiger partial charge < -0.3 is 11.1 Å². The lowest BCUT2D eigenvalue weighted by Gasteiger charge is -2.16. The number of rotatable bonds is 8. The minimum Gasteiger partial charge on any atom is -0.397 e. The highest BCUT2D eigenvalue weighted by Gasteiger charge is 2.15. The maximum absolute atomic E-state index is 6.69. The van der Waals surface area contributed by atoms with E-state index in [1.165, 1.54) is 17.5 Å². The molecule has 0 saturated carbocycles. The van der Waals surface area contributed by atoms with E-state index < -0.39 is 0 Å². The number of benzene rings is 6. The zero-order valence-electron chi connectivity index (χ0n) is 29.4. The van der Waals surface area contributed by atoms with Crippen LogP contribution in [0.2, 0.25) is 0 Å². The Hall–Kier alpha value is -6.52. The summed E-state index contributed by atoms with van der Waals surface area (Å²) in [5, 5.41) is 6.61. The van der Waals surface area contributed by atoms with Gasteiger partial charge >= 0.3 is 0 Å². The molecule has 52 heavy (non-hydrogen) atoms. The van der Waals surface area contributed by atoms with Gasteiger partial charge in [0, 0.05) is 34.0 Å². The van der Waals surface area contributed by atoms with E-state index in [9.17, 15) is 0 Å². The SMILES string of the molecule is C=N/C(=C\C(c1ccccc1)c1ccccc1)c1ccc(-c2ccc(Nc3c(N)c4ccccc4c4ncccc34)cc2)cc1.CC1C=CC=CC1. The lowest BCUT2D eigenvalue weighted by atomic mass is 9.89. The molecule has 0 aliphatic heterocycles. The van der Waals surface area contributed by atoms with Crippen LogP contribution in [-0.4, -0.2) is 11.7 Å². The molecule has 1 aliphatic carbocycles. The van der Waals surface area contributed by atoms with Crippen LogP contribution in [0.5, 0.6) is 0 Å². The summed E-state index contributed by atoms with van der Waals surface area (Å²) < 4.78 is 0. The summed E-state index contributed by atoms with van der Waals surface area (Å²) in [6, 6.07) is 50.1. The first-order valence-electron chi connectivity index (χ1n) is 17.7. The normalized spacial score (nSPS) is 13.9. The molecule has 0 spiro atoms. The van der Waals surface area contributed by atoms with Gasteiger partial charge in [-0.2, -0.15) is 0 Å². The summed E-state index contributed by atoms with van der Waals surface area (Å²) in [5.41, 5.74) is 16.7. The molecule has 0 saturated heterocycles. The Morgan fingerprint density at radius 1 is 0.731 bits per heavy atom. The first kappa shape index (κ1) is 34.0. The van der Waals surface area contributed by atoms with E-state index in [2.05, 4.69) is 169 Å². The molecule has 0 bridgehead atoms. The van der Waals surface area contributed by atoms with Crippen LogP contribution in [0.4, 0.5) is 17.1 Å². The van der Waals surface area contributed by atoms with Crippen molar-refractivity contribution >= 4 is 51.2 Å². The summed E-state index contributed by atoms with van der Waals surface area (Å²) in [6.07, 6.45) is 13.9. The Balaban J connectivity index is 0.000000539. The average Bonchev–Trinajstić information content (AvgIpc) is 3.21. The van der Waals surface area contributed by atoms with Crippen LogP contribution in [0.25, 0.3) is 38.5 Å². The standard InChI is InChI=1S/C41H32N4.C7H10/c1-43-38(27-37(30-11-4-2-5-12-30)31-13-6-3-7-14-31)32-20-18-28(19-21-32)29-22-24-33(25-23-29)45-41-36-17-10-26-44-40(36)35-16-9-8-15-34(35)39(41)42;1-7-5-3-2-4-6-7/h2-27,37,45H,1,42H2;2-5,7H,6H2,1H3/b38-27-;. The van der Waals surface area contributed by atoms with Crippen LogP contribution in [-0.2, 0) is 0 Å². The third kappa shape index (κ3) is 7.62. The van der Waals surface area contributed by atoms with Crippen LogP contribution >= 0.6 is 0 Å². The molecule has 1 aliphatic rings. The number of hydrogen-bond acceptors (Lipinski definition) is 4. The van der Waals surface area contributed by atoms with E-state index >= 15 is 0 Å². The zero-order chi connectivity index (χ0) is 35.7. The van der Waals surface area contributed by atoms with E-state index in [0.29, 0.717) is 5.69 Å². The minimum absolute atomic E-state index is 0.0668. The largest absolute Gasteiger partial charge is 0.397 e. The molecule has 0 radical (unpaired) electrons. The van der Waals surface area contributed by atoms with Gasteiger partial charge in [0.05, 0.1) is 22.6 Å². The lowest BCUT2D eigenvalue weighted by Crippen LogP contribution is -2.00. The molecule has 3 N–H and O–H groups in total. The Morgan fingerprint density at radius 3 is 1.90 bits per heavy atom. The van der Waals surface area contributed by atoms with Crippen LogP contribution in [0, 0.1) is 5.92 Å². The topological polar surface area (TPSA) is 63.3 Å². The van der Waals surface area contributed by atoms with Gasteiger partial charge in [0.2, 0.25) is 0 Å². The predicted octanol–water partition coefficient (Wildman–Crippen LogP) is 12.4. The second kappa shape index (κ2) is 16.0. The smallest absolute Gasteiger partial charge is 0.0802 e. The fourth-order valence-electron chi connectivity index (χ4n) is 6.69. The number of hydrogen-bond donors (Lipinski definition) is 2. The van der Waals surface area contributed by atoms with E-state index in [1.54, 1.807) is 0 Å². The van der Waals surface area contributed by atoms with Crippen molar-refractivity contribution in [1.82, 2.24) is 4.98 Å². The number of anilines is 3. The molecule has 4 nitrogen and oxygen atoms in total. The number of allylic oxidation sites excluding steroid dienone is 5. The zero-order valence-corrected chi connectivity index (χ0v) is 29.4. The van der Waals surface area contributed by atoms with Crippen molar-refractivity contribution in [1.29, 1.82) is 0 Å². The number of nitrogens with two attached hydrogens (primary N) is 1. The molecular formula is C48H42N4. The molecule has 1 unspecified atom stereocenters. The summed E-state index contributed by atoms with van der Waals surface area (Å²) in [5.74, 6) is 0.835. The molecular weight excluding hydrogens is 633 g/mol. The van der Waals surface area contributed by atoms with Gasteiger partial charge in [0.15, 0.2) is 0 Å². The van der Waals surface area contributed by atoms with E-state index in [-0.39, 0.29) is 5.92 Å². The summed E-state index contributed by atoms with van der Waals surface area (Å²) in [7, 11) is 0. The molecule has 0 amide bonds. The second-order valence-electron chi connectivity index (χ2n) is 13.0. The quantitative estimate of drug-likeness (QED) is 0.0730. The van der Waals surface area contributed by atoms with Gasteiger partial charge in [-0.05, 0) is 77.2 Å². The monoisotopic (exact) mass is 674 g/mol. The first-order chi connectivity index (χ1) is 25.6. The first-order valence-corrected chi connectivity index (χ1v) is 17.7. The van der Waals surface area contributed by atoms with Crippen molar-refractivity contribution < 1.29 is 0 Å². The number of aliphatic imine (C=N–C) groups is 1. The number of nitrogens with zero attached hydrogens (tertiary/aromatic N) is 2. The van der Waals surface area contributed by atoms with Crippen LogP contribution in [0.15, 0.2) is 187 Å². The molecule has 0 fully saturated rings. The minimum atomic E-state index is 0.0668. The van der Waals surface area contributed by atoms with Gasteiger partial charge in [-0.3, -0.25) is 9.98 Å². The summed E-state index contributed by atoms with van der Waals surface area (Å²) in [6.45, 7) is 6.13. The Morgan fingerprint density at radius 2 is 1.33 bits per heavy atom. The second-order valence-corrected chi connectivity index (χ2v) is 13.0. The van der Waals surface area contributed by atoms with E-state index in [0.717, 1.165) is 61.4 Å². The van der Waals surface area contributed by atoms with Gasteiger partial charge in [-0.15, -0.1) is 0 Å². The van der Waals surface area contributed by atoms with E-state index in [1.807, 2.05) is 42.6 Å². The number of pyridine rings is 1. The third-order valence-corrected chi connectivity index (χ3v) is 9.49. The number of nitrogens with one attached hydrogen (secondary N) is 1. The maximum Gasteiger partial charge on any atom is 0.0802 e. The summed E-state index contributed by atoms with van der Waals surface area (Å²) >= 11 is 0. The highest BCUT2D eigenvalue weighted by Crippen LogP contribution is 2.39. The molecule has 6 aromatic carbocycles. The van der Waals surface area contributed by atoms with E-state index in [4.69, 9.17) is 5.73 Å². The lowest BCUT2D eigenvalue weighted by molar-refractivity contribution is 0.737. The molecule has 254 valence electrons. The maximum atomic E-state index is 6.69. The van der Waals surface area contributed by atoms with Crippen LogP contribution in [0.3, 0.4) is 0 Å². The Labute approximate surface area is 306 Å². The number of fused-ring (bicyclic) bond motifs is 3. The molecule has 1 aromatic heterocycles. The average molecular weight is 675 g/mol. The highest BCUT2D eigenvalue weighted by atomic mass is 14.9. The van der Waals surface area contributed by atoms with Crippen molar-refractivity contribution in [3.63, 3.8) is 0 Å². The Kier molecular flexibility index (Phi) is 10.5. The van der Waals surface area contributed by atoms with Gasteiger partial charge in [-0.1, -0.05) is 153 Å². The van der Waals surface area contributed by atoms with Gasteiger partial charge in [0.1, 0.15) is 0 Å².